The highest BCUT2D eigenvalue weighted by molar-refractivity contribution is 5.09. The average Bonchev–Trinajstić information content (AvgIpc) is 2.46. The molecule has 0 aromatic carbocycles. The van der Waals surface area contributed by atoms with E-state index >= 15 is 0 Å². The summed E-state index contributed by atoms with van der Waals surface area (Å²) >= 11 is 0. The summed E-state index contributed by atoms with van der Waals surface area (Å²) in [5.41, 5.74) is 1.30. The number of pyridine rings is 1. The van der Waals surface area contributed by atoms with Crippen LogP contribution in [0.3, 0.4) is 0 Å². The summed E-state index contributed by atoms with van der Waals surface area (Å²) in [6.45, 7) is 5.06. The Hall–Kier alpha value is -1.01. The van der Waals surface area contributed by atoms with Crippen molar-refractivity contribution in [3.63, 3.8) is 0 Å². The summed E-state index contributed by atoms with van der Waals surface area (Å²) in [7, 11) is 1.66. The minimum atomic E-state index is 0.625. The molecule has 0 spiro atoms. The lowest BCUT2D eigenvalue weighted by Gasteiger charge is -2.07. The molecule has 1 rings (SSSR count). The van der Waals surface area contributed by atoms with Gasteiger partial charge in [0, 0.05) is 26.0 Å². The van der Waals surface area contributed by atoms with E-state index in [2.05, 4.69) is 10.3 Å². The van der Waals surface area contributed by atoms with Crippen molar-refractivity contribution in [2.45, 2.75) is 6.42 Å². The largest absolute Gasteiger partial charge is 0.382 e. The van der Waals surface area contributed by atoms with Crippen molar-refractivity contribution in [3.8, 4) is 0 Å². The number of nitrogens with zero attached hydrogens (tertiary/aromatic N) is 1. The van der Waals surface area contributed by atoms with Gasteiger partial charge in [-0.25, -0.2) is 0 Å². The van der Waals surface area contributed by atoms with Crippen LogP contribution in [0.15, 0.2) is 24.5 Å². The highest BCUT2D eigenvalue weighted by Gasteiger charge is 1.93. The molecule has 0 bridgehead atoms. The van der Waals surface area contributed by atoms with Gasteiger partial charge in [-0.3, -0.25) is 4.98 Å². The summed E-state index contributed by atoms with van der Waals surface area (Å²) < 4.78 is 15.6. The molecule has 5 nitrogen and oxygen atoms in total. The molecule has 0 aliphatic carbocycles. The molecule has 0 atom stereocenters. The number of ether oxygens (including phenoxy) is 3. The topological polar surface area (TPSA) is 52.6 Å². The molecule has 0 amide bonds. The third-order valence-corrected chi connectivity index (χ3v) is 2.57. The first-order valence-corrected chi connectivity index (χ1v) is 6.67. The second-order valence-electron chi connectivity index (χ2n) is 4.07. The van der Waals surface area contributed by atoms with Gasteiger partial charge in [-0.05, 0) is 30.7 Å². The Morgan fingerprint density at radius 1 is 0.947 bits per heavy atom. The van der Waals surface area contributed by atoms with Gasteiger partial charge in [0.1, 0.15) is 0 Å². The van der Waals surface area contributed by atoms with E-state index in [1.807, 2.05) is 24.5 Å². The lowest BCUT2D eigenvalue weighted by Crippen LogP contribution is -2.23. The van der Waals surface area contributed by atoms with Gasteiger partial charge in [-0.2, -0.15) is 0 Å². The highest BCUT2D eigenvalue weighted by atomic mass is 16.5. The van der Waals surface area contributed by atoms with Gasteiger partial charge in [0.05, 0.1) is 33.0 Å². The molecule has 0 aliphatic rings. The lowest BCUT2D eigenvalue weighted by molar-refractivity contribution is 0.0256. The average molecular weight is 268 g/mol. The molecule has 0 saturated heterocycles. The molecule has 1 aromatic rings. The van der Waals surface area contributed by atoms with E-state index in [1.54, 1.807) is 7.11 Å². The van der Waals surface area contributed by atoms with Crippen LogP contribution in [0.5, 0.6) is 0 Å². The molecule has 1 N–H and O–H groups in total. The third kappa shape index (κ3) is 9.55. The van der Waals surface area contributed by atoms with E-state index in [0.717, 1.165) is 19.5 Å². The Balaban J connectivity index is 1.79. The second kappa shape index (κ2) is 12.0. The minimum Gasteiger partial charge on any atom is -0.382 e. The summed E-state index contributed by atoms with van der Waals surface area (Å²) in [5.74, 6) is 0. The monoisotopic (exact) mass is 268 g/mol. The van der Waals surface area contributed by atoms with E-state index in [-0.39, 0.29) is 0 Å². The maximum atomic E-state index is 5.43. The number of hydrogen-bond acceptors (Lipinski definition) is 5. The zero-order valence-corrected chi connectivity index (χ0v) is 11.6. The van der Waals surface area contributed by atoms with E-state index in [9.17, 15) is 0 Å². The fourth-order valence-electron chi connectivity index (χ4n) is 1.52. The Labute approximate surface area is 115 Å². The predicted molar refractivity (Wildman–Crippen MR) is 74.3 cm³/mol. The van der Waals surface area contributed by atoms with Crippen LogP contribution >= 0.6 is 0 Å². The van der Waals surface area contributed by atoms with Crippen molar-refractivity contribution in [2.75, 3.05) is 53.2 Å². The molecule has 0 radical (unpaired) electrons. The Morgan fingerprint density at radius 2 is 1.63 bits per heavy atom. The molecule has 19 heavy (non-hydrogen) atoms. The van der Waals surface area contributed by atoms with Crippen LogP contribution < -0.4 is 5.32 Å². The maximum Gasteiger partial charge on any atom is 0.0701 e. The molecule has 108 valence electrons. The predicted octanol–water partition coefficient (Wildman–Crippen LogP) is 0.893. The van der Waals surface area contributed by atoms with Crippen LogP contribution in [0.4, 0.5) is 0 Å². The molecule has 1 aromatic heterocycles. The molecule has 1 heterocycles. The van der Waals surface area contributed by atoms with Gasteiger partial charge in [0.2, 0.25) is 0 Å². The first-order valence-electron chi connectivity index (χ1n) is 6.67. The van der Waals surface area contributed by atoms with E-state index in [1.165, 1.54) is 5.56 Å². The standard InChI is InChI=1S/C14H24N2O3/c1-17-10-11-19-13-12-18-9-8-16-7-4-14-2-5-15-6-3-14/h2-3,5-6,16H,4,7-13H2,1H3. The van der Waals surface area contributed by atoms with Crippen LogP contribution in [0.1, 0.15) is 5.56 Å². The normalized spacial score (nSPS) is 10.8. The van der Waals surface area contributed by atoms with Gasteiger partial charge >= 0.3 is 0 Å². The number of aromatic nitrogens is 1. The minimum absolute atomic E-state index is 0.625. The van der Waals surface area contributed by atoms with Gasteiger partial charge < -0.3 is 19.5 Å². The van der Waals surface area contributed by atoms with E-state index in [0.29, 0.717) is 33.0 Å². The molecular weight excluding hydrogens is 244 g/mol. The zero-order chi connectivity index (χ0) is 13.6. The smallest absolute Gasteiger partial charge is 0.0701 e. The van der Waals surface area contributed by atoms with E-state index in [4.69, 9.17) is 14.2 Å². The van der Waals surface area contributed by atoms with Gasteiger partial charge in [-0.1, -0.05) is 0 Å². The molecule has 5 heteroatoms. The highest BCUT2D eigenvalue weighted by Crippen LogP contribution is 1.95. The summed E-state index contributed by atoms with van der Waals surface area (Å²) in [5, 5.41) is 3.34. The van der Waals surface area contributed by atoms with Crippen LogP contribution in [0.2, 0.25) is 0 Å². The van der Waals surface area contributed by atoms with Crippen molar-refractivity contribution < 1.29 is 14.2 Å². The Kier molecular flexibility index (Phi) is 10.2. The van der Waals surface area contributed by atoms with E-state index < -0.39 is 0 Å². The lowest BCUT2D eigenvalue weighted by atomic mass is 10.2. The summed E-state index contributed by atoms with van der Waals surface area (Å²) in [4.78, 5) is 3.99. The molecule has 0 saturated carbocycles. The molecule has 0 fully saturated rings. The molecular formula is C14H24N2O3. The van der Waals surface area contributed by atoms with Gasteiger partial charge in [0.25, 0.3) is 0 Å². The summed E-state index contributed by atoms with van der Waals surface area (Å²) in [6, 6.07) is 4.07. The number of rotatable bonds is 12. The first kappa shape index (κ1) is 16.0. The Morgan fingerprint density at radius 3 is 2.37 bits per heavy atom. The number of hydrogen-bond donors (Lipinski definition) is 1. The quantitative estimate of drug-likeness (QED) is 0.571. The van der Waals surface area contributed by atoms with Gasteiger partial charge in [-0.15, -0.1) is 0 Å². The molecule has 0 aliphatic heterocycles. The SMILES string of the molecule is COCCOCCOCCNCCc1ccncc1. The van der Waals surface area contributed by atoms with Crippen molar-refractivity contribution in [2.24, 2.45) is 0 Å². The van der Waals surface area contributed by atoms with Crippen LogP contribution in [-0.4, -0.2) is 58.2 Å². The number of nitrogens with one attached hydrogen (secondary N) is 1. The fraction of sp³-hybridized carbons (Fsp3) is 0.643. The summed E-state index contributed by atoms with van der Waals surface area (Å²) in [6.07, 6.45) is 4.66. The maximum absolute atomic E-state index is 5.43. The van der Waals surface area contributed by atoms with Crippen molar-refractivity contribution in [1.29, 1.82) is 0 Å². The van der Waals surface area contributed by atoms with Crippen LogP contribution in [0.25, 0.3) is 0 Å². The van der Waals surface area contributed by atoms with Crippen molar-refractivity contribution in [1.82, 2.24) is 10.3 Å². The van der Waals surface area contributed by atoms with Crippen LogP contribution in [0, 0.1) is 0 Å². The van der Waals surface area contributed by atoms with Gasteiger partial charge in [0.15, 0.2) is 0 Å². The zero-order valence-electron chi connectivity index (χ0n) is 11.6. The van der Waals surface area contributed by atoms with Crippen molar-refractivity contribution >= 4 is 0 Å². The second-order valence-corrected chi connectivity index (χ2v) is 4.07. The molecule has 0 unspecified atom stereocenters. The fourth-order valence-corrected chi connectivity index (χ4v) is 1.52. The Bertz CT molecular complexity index is 296. The van der Waals surface area contributed by atoms with Crippen molar-refractivity contribution in [3.05, 3.63) is 30.1 Å². The van der Waals surface area contributed by atoms with Crippen LogP contribution in [-0.2, 0) is 20.6 Å². The first-order chi connectivity index (χ1) is 9.43. The number of methoxy groups -OCH3 is 1. The third-order valence-electron chi connectivity index (χ3n) is 2.57.